The van der Waals surface area contributed by atoms with E-state index in [2.05, 4.69) is 17.4 Å². The summed E-state index contributed by atoms with van der Waals surface area (Å²) in [5, 5.41) is 3.04. The van der Waals surface area contributed by atoms with Crippen LogP contribution in [0.25, 0.3) is 0 Å². The zero-order valence-electron chi connectivity index (χ0n) is 18.0. The lowest BCUT2D eigenvalue weighted by atomic mass is 10.1. The van der Waals surface area contributed by atoms with Crippen LogP contribution in [0, 0.1) is 0 Å². The van der Waals surface area contributed by atoms with Crippen molar-refractivity contribution < 1.29 is 13.8 Å². The summed E-state index contributed by atoms with van der Waals surface area (Å²) in [5.74, 6) is -0.438. The molecule has 1 N–H and O–H groups in total. The SMILES string of the molecule is C[C@H](CCc1ccccc1)NC(=O)c1ccc2c(c1)N(Cc1ccccc1)C(=O)C[S@@]2=O. The maximum absolute atomic E-state index is 12.9. The van der Waals surface area contributed by atoms with E-state index in [0.717, 1.165) is 18.4 Å². The van der Waals surface area contributed by atoms with Crippen molar-refractivity contribution in [2.75, 3.05) is 10.7 Å². The number of benzene rings is 3. The lowest BCUT2D eigenvalue weighted by molar-refractivity contribution is -0.116. The molecule has 1 aliphatic rings. The summed E-state index contributed by atoms with van der Waals surface area (Å²) < 4.78 is 12.5. The van der Waals surface area contributed by atoms with Crippen LogP contribution in [-0.4, -0.2) is 27.8 Å². The van der Waals surface area contributed by atoms with Crippen LogP contribution in [0.2, 0.25) is 0 Å². The molecule has 6 heteroatoms. The largest absolute Gasteiger partial charge is 0.350 e. The number of fused-ring (bicyclic) bond motifs is 1. The molecule has 0 saturated heterocycles. The number of nitrogens with one attached hydrogen (secondary N) is 1. The highest BCUT2D eigenvalue weighted by molar-refractivity contribution is 7.86. The fraction of sp³-hybridized carbons (Fsp3) is 0.231. The van der Waals surface area contributed by atoms with Gasteiger partial charge in [0.25, 0.3) is 5.91 Å². The first-order chi connectivity index (χ1) is 15.5. The molecule has 5 nitrogen and oxygen atoms in total. The molecule has 1 heterocycles. The number of rotatable bonds is 7. The Balaban J connectivity index is 1.50. The van der Waals surface area contributed by atoms with Crippen molar-refractivity contribution in [3.05, 3.63) is 95.6 Å². The van der Waals surface area contributed by atoms with Crippen LogP contribution in [0.3, 0.4) is 0 Å². The molecular weight excluding hydrogens is 420 g/mol. The maximum atomic E-state index is 12.9. The van der Waals surface area contributed by atoms with Crippen molar-refractivity contribution in [1.29, 1.82) is 0 Å². The van der Waals surface area contributed by atoms with E-state index in [9.17, 15) is 13.8 Å². The monoisotopic (exact) mass is 446 g/mol. The first-order valence-corrected chi connectivity index (χ1v) is 12.0. The van der Waals surface area contributed by atoms with Crippen molar-refractivity contribution >= 4 is 28.3 Å². The summed E-state index contributed by atoms with van der Waals surface area (Å²) in [6.45, 7) is 2.36. The lowest BCUT2D eigenvalue weighted by Gasteiger charge is -2.29. The van der Waals surface area contributed by atoms with Crippen molar-refractivity contribution in [2.24, 2.45) is 0 Å². The molecule has 0 saturated carbocycles. The highest BCUT2D eigenvalue weighted by Gasteiger charge is 2.30. The molecule has 164 valence electrons. The number of hydrogen-bond donors (Lipinski definition) is 1. The third kappa shape index (κ3) is 5.14. The predicted octanol–water partition coefficient (Wildman–Crippen LogP) is 4.09. The Morgan fingerprint density at radius 1 is 1.00 bits per heavy atom. The van der Waals surface area contributed by atoms with Gasteiger partial charge in [0, 0.05) is 11.6 Å². The van der Waals surface area contributed by atoms with E-state index in [1.54, 1.807) is 23.1 Å². The van der Waals surface area contributed by atoms with E-state index in [0.29, 0.717) is 22.7 Å². The van der Waals surface area contributed by atoms with Gasteiger partial charge in [0.15, 0.2) is 0 Å². The normalized spacial score (nSPS) is 16.3. The van der Waals surface area contributed by atoms with Crippen LogP contribution >= 0.6 is 0 Å². The Hall–Kier alpha value is -3.25. The molecule has 0 spiro atoms. The van der Waals surface area contributed by atoms with Crippen LogP contribution in [0.4, 0.5) is 5.69 Å². The van der Waals surface area contributed by atoms with Crippen LogP contribution in [0.1, 0.15) is 34.8 Å². The third-order valence-corrected chi connectivity index (χ3v) is 6.93. The van der Waals surface area contributed by atoms with Crippen molar-refractivity contribution in [3.8, 4) is 0 Å². The van der Waals surface area contributed by atoms with Gasteiger partial charge >= 0.3 is 0 Å². The minimum absolute atomic E-state index is 0.00470. The quantitative estimate of drug-likeness (QED) is 0.594. The lowest BCUT2D eigenvalue weighted by Crippen LogP contribution is -2.39. The predicted molar refractivity (Wildman–Crippen MR) is 127 cm³/mol. The number of carbonyl (C=O) groups excluding carboxylic acids is 2. The zero-order chi connectivity index (χ0) is 22.5. The molecule has 1 aliphatic heterocycles. The second kappa shape index (κ2) is 9.92. The van der Waals surface area contributed by atoms with Gasteiger partial charge < -0.3 is 10.2 Å². The fourth-order valence-corrected chi connectivity index (χ4v) is 4.97. The minimum atomic E-state index is -1.40. The summed E-state index contributed by atoms with van der Waals surface area (Å²) in [6.07, 6.45) is 1.70. The first-order valence-electron chi connectivity index (χ1n) is 10.7. The maximum Gasteiger partial charge on any atom is 0.251 e. The first kappa shape index (κ1) is 22.0. The average Bonchev–Trinajstić information content (AvgIpc) is 2.81. The minimum Gasteiger partial charge on any atom is -0.350 e. The summed E-state index contributed by atoms with van der Waals surface area (Å²) in [6, 6.07) is 24.9. The number of nitrogens with zero attached hydrogens (tertiary/aromatic N) is 1. The van der Waals surface area contributed by atoms with Crippen LogP contribution in [0.5, 0.6) is 0 Å². The Labute approximate surface area is 190 Å². The number of aryl methyl sites for hydroxylation is 1. The van der Waals surface area contributed by atoms with Gasteiger partial charge in [-0.1, -0.05) is 60.7 Å². The molecule has 4 rings (SSSR count). The number of carbonyl (C=O) groups is 2. The van der Waals surface area contributed by atoms with Gasteiger partial charge in [0.05, 0.1) is 27.9 Å². The summed E-state index contributed by atoms with van der Waals surface area (Å²) in [4.78, 5) is 27.8. The molecule has 3 aromatic rings. The molecule has 2 atom stereocenters. The average molecular weight is 447 g/mol. The highest BCUT2D eigenvalue weighted by atomic mass is 32.2. The van der Waals surface area contributed by atoms with Gasteiger partial charge in [-0.05, 0) is 49.1 Å². The molecule has 0 aromatic heterocycles. The van der Waals surface area contributed by atoms with Crippen LogP contribution in [0.15, 0.2) is 83.8 Å². The molecule has 2 amide bonds. The second-order valence-electron chi connectivity index (χ2n) is 8.04. The van der Waals surface area contributed by atoms with Gasteiger partial charge in [-0.3, -0.25) is 13.8 Å². The molecule has 0 aliphatic carbocycles. The van der Waals surface area contributed by atoms with E-state index in [1.807, 2.05) is 55.5 Å². The van der Waals surface area contributed by atoms with Gasteiger partial charge in [-0.15, -0.1) is 0 Å². The smallest absolute Gasteiger partial charge is 0.251 e. The molecule has 0 radical (unpaired) electrons. The standard InChI is InChI=1S/C26H26N2O3S/c1-19(12-13-20-8-4-2-5-9-20)27-26(30)22-14-15-24-23(16-22)28(25(29)18-32(24)31)17-21-10-6-3-7-11-21/h2-11,14-16,19H,12-13,17-18H2,1H3,(H,27,30)/t19-,32+/m1/s1. The topological polar surface area (TPSA) is 66.5 Å². The Morgan fingerprint density at radius 3 is 2.34 bits per heavy atom. The Bertz CT molecular complexity index is 1130. The molecular formula is C26H26N2O3S. The van der Waals surface area contributed by atoms with E-state index in [4.69, 9.17) is 0 Å². The van der Waals surface area contributed by atoms with E-state index < -0.39 is 10.8 Å². The highest BCUT2D eigenvalue weighted by Crippen LogP contribution is 2.31. The van der Waals surface area contributed by atoms with Crippen molar-refractivity contribution in [2.45, 2.75) is 37.2 Å². The third-order valence-electron chi connectivity index (χ3n) is 5.58. The summed E-state index contributed by atoms with van der Waals surface area (Å²) >= 11 is 0. The summed E-state index contributed by atoms with van der Waals surface area (Å²) in [5.41, 5.74) is 3.22. The Morgan fingerprint density at radius 2 is 1.66 bits per heavy atom. The molecule has 0 fully saturated rings. The molecule has 32 heavy (non-hydrogen) atoms. The van der Waals surface area contributed by atoms with Gasteiger partial charge in [0.2, 0.25) is 5.91 Å². The Kier molecular flexibility index (Phi) is 6.81. The van der Waals surface area contributed by atoms with Crippen molar-refractivity contribution in [3.63, 3.8) is 0 Å². The van der Waals surface area contributed by atoms with Crippen LogP contribution in [-0.2, 0) is 28.6 Å². The van der Waals surface area contributed by atoms with E-state index >= 15 is 0 Å². The number of anilines is 1. The van der Waals surface area contributed by atoms with Crippen LogP contribution < -0.4 is 10.2 Å². The zero-order valence-corrected chi connectivity index (χ0v) is 18.8. The fourth-order valence-electron chi connectivity index (χ4n) is 3.81. The summed E-state index contributed by atoms with van der Waals surface area (Å²) in [7, 11) is -1.40. The van der Waals surface area contributed by atoms with E-state index in [1.165, 1.54) is 5.56 Å². The second-order valence-corrected chi connectivity index (χ2v) is 9.46. The van der Waals surface area contributed by atoms with Gasteiger partial charge in [0.1, 0.15) is 5.75 Å². The van der Waals surface area contributed by atoms with Crippen molar-refractivity contribution in [1.82, 2.24) is 5.32 Å². The van der Waals surface area contributed by atoms with E-state index in [-0.39, 0.29) is 23.6 Å². The number of amides is 2. The number of hydrogen-bond acceptors (Lipinski definition) is 3. The molecule has 0 bridgehead atoms. The van der Waals surface area contributed by atoms with Gasteiger partial charge in [-0.25, -0.2) is 0 Å². The molecule has 0 unspecified atom stereocenters. The molecule has 3 aromatic carbocycles. The van der Waals surface area contributed by atoms with Gasteiger partial charge in [-0.2, -0.15) is 0 Å².